The Kier molecular flexibility index (Phi) is 4.28. The summed E-state index contributed by atoms with van der Waals surface area (Å²) in [6.07, 6.45) is 0. The molecular weight excluding hydrogens is 352 g/mol. The van der Waals surface area contributed by atoms with E-state index in [1.165, 1.54) is 10.4 Å². The third-order valence-corrected chi connectivity index (χ3v) is 6.12. The molecule has 19 heavy (non-hydrogen) atoms. The quantitative estimate of drug-likeness (QED) is 0.873. The van der Waals surface area contributed by atoms with Crippen LogP contribution in [0.25, 0.3) is 0 Å². The van der Waals surface area contributed by atoms with E-state index < -0.39 is 10.0 Å². The van der Waals surface area contributed by atoms with Crippen LogP contribution in [0.1, 0.15) is 13.8 Å². The van der Waals surface area contributed by atoms with Crippen molar-refractivity contribution in [1.29, 1.82) is 0 Å². The molecule has 0 aliphatic carbocycles. The lowest BCUT2D eigenvalue weighted by Crippen LogP contribution is -2.58. The lowest BCUT2D eigenvalue weighted by molar-refractivity contribution is 0.233. The molecule has 0 aromatic heterocycles. The molecule has 0 radical (unpaired) electrons. The highest BCUT2D eigenvalue weighted by Crippen LogP contribution is 2.28. The maximum absolute atomic E-state index is 12.6. The Bertz CT molecular complexity index is 589. The largest absolute Gasteiger partial charge is 0.309 e. The second-order valence-electron chi connectivity index (χ2n) is 5.23. The van der Waals surface area contributed by atoms with Crippen LogP contribution in [-0.2, 0) is 10.0 Å². The van der Waals surface area contributed by atoms with Gasteiger partial charge in [0.1, 0.15) is 0 Å². The third-order valence-electron chi connectivity index (χ3n) is 3.07. The summed E-state index contributed by atoms with van der Waals surface area (Å²) in [5.41, 5.74) is -0.213. The number of piperazine rings is 1. The molecule has 0 spiro atoms. The van der Waals surface area contributed by atoms with Crippen molar-refractivity contribution in [2.24, 2.45) is 0 Å². The molecule has 0 unspecified atom stereocenters. The molecule has 0 bridgehead atoms. The molecule has 2 rings (SSSR count). The first kappa shape index (κ1) is 15.3. The van der Waals surface area contributed by atoms with Crippen LogP contribution in [0.2, 0.25) is 5.02 Å². The summed E-state index contributed by atoms with van der Waals surface area (Å²) >= 11 is 9.15. The highest BCUT2D eigenvalue weighted by atomic mass is 79.9. The molecule has 4 nitrogen and oxygen atoms in total. The Hall–Kier alpha value is -0.140. The second kappa shape index (κ2) is 5.33. The number of halogens is 2. The van der Waals surface area contributed by atoms with Gasteiger partial charge < -0.3 is 5.32 Å². The van der Waals surface area contributed by atoms with Gasteiger partial charge in [0, 0.05) is 29.6 Å². The fraction of sp³-hybridized carbons (Fsp3) is 0.500. The zero-order valence-corrected chi connectivity index (χ0v) is 13.9. The van der Waals surface area contributed by atoms with Gasteiger partial charge in [-0.25, -0.2) is 8.42 Å². The number of nitrogens with zero attached hydrogens (tertiary/aromatic N) is 1. The lowest BCUT2D eigenvalue weighted by Gasteiger charge is -2.38. The molecule has 7 heteroatoms. The molecule has 0 amide bonds. The standard InChI is InChI=1S/C12H16BrClN2O2S/c1-12(2)8-16(6-5-15-12)19(17,18)9-3-4-11(14)10(13)7-9/h3-4,7,15H,5-6,8H2,1-2H3. The van der Waals surface area contributed by atoms with Gasteiger partial charge in [-0.2, -0.15) is 4.31 Å². The molecule has 1 aliphatic heterocycles. The molecule has 1 saturated heterocycles. The first-order chi connectivity index (χ1) is 8.72. The van der Waals surface area contributed by atoms with Crippen LogP contribution >= 0.6 is 27.5 Å². The zero-order chi connectivity index (χ0) is 14.3. The van der Waals surface area contributed by atoms with E-state index in [4.69, 9.17) is 11.6 Å². The van der Waals surface area contributed by atoms with Gasteiger partial charge in [-0.15, -0.1) is 0 Å². The molecule has 1 aromatic rings. The summed E-state index contributed by atoms with van der Waals surface area (Å²) in [7, 11) is -3.47. The van der Waals surface area contributed by atoms with Crippen LogP contribution in [0.3, 0.4) is 0 Å². The minimum atomic E-state index is -3.47. The van der Waals surface area contributed by atoms with Gasteiger partial charge in [0.2, 0.25) is 10.0 Å². The molecule has 1 N–H and O–H groups in total. The SMILES string of the molecule is CC1(C)CN(S(=O)(=O)c2ccc(Cl)c(Br)c2)CCN1. The van der Waals surface area contributed by atoms with Crippen molar-refractivity contribution in [3.05, 3.63) is 27.7 Å². The monoisotopic (exact) mass is 366 g/mol. The van der Waals surface area contributed by atoms with Crippen LogP contribution in [0.5, 0.6) is 0 Å². The molecular formula is C12H16BrClN2O2S. The van der Waals surface area contributed by atoms with Crippen molar-refractivity contribution in [2.75, 3.05) is 19.6 Å². The van der Waals surface area contributed by atoms with E-state index in [2.05, 4.69) is 21.2 Å². The summed E-state index contributed by atoms with van der Waals surface area (Å²) in [6, 6.07) is 4.68. The summed E-state index contributed by atoms with van der Waals surface area (Å²) in [5.74, 6) is 0. The maximum atomic E-state index is 12.6. The van der Waals surface area contributed by atoms with Gasteiger partial charge >= 0.3 is 0 Å². The second-order valence-corrected chi connectivity index (χ2v) is 8.42. The van der Waals surface area contributed by atoms with Crippen LogP contribution in [0, 0.1) is 0 Å². The van der Waals surface area contributed by atoms with Crippen LogP contribution in [0.4, 0.5) is 0 Å². The molecule has 1 aliphatic rings. The smallest absolute Gasteiger partial charge is 0.243 e. The molecule has 0 atom stereocenters. The van der Waals surface area contributed by atoms with Crippen LogP contribution in [0.15, 0.2) is 27.6 Å². The van der Waals surface area contributed by atoms with Gasteiger partial charge in [0.05, 0.1) is 9.92 Å². The van der Waals surface area contributed by atoms with E-state index >= 15 is 0 Å². The third kappa shape index (κ3) is 3.31. The topological polar surface area (TPSA) is 49.4 Å². The number of nitrogens with one attached hydrogen (secondary N) is 1. The summed E-state index contributed by atoms with van der Waals surface area (Å²) in [4.78, 5) is 0.265. The number of benzene rings is 1. The van der Waals surface area contributed by atoms with E-state index in [1.54, 1.807) is 12.1 Å². The molecule has 1 fully saturated rings. The van der Waals surface area contributed by atoms with E-state index in [9.17, 15) is 8.42 Å². The Balaban J connectivity index is 2.34. The number of hydrogen-bond donors (Lipinski definition) is 1. The highest BCUT2D eigenvalue weighted by molar-refractivity contribution is 9.10. The first-order valence-electron chi connectivity index (χ1n) is 5.93. The Labute approximate surface area is 127 Å². The molecule has 1 aromatic carbocycles. The first-order valence-corrected chi connectivity index (χ1v) is 8.54. The minimum absolute atomic E-state index is 0.213. The van der Waals surface area contributed by atoms with Crippen LogP contribution in [-0.4, -0.2) is 37.9 Å². The van der Waals surface area contributed by atoms with Gasteiger partial charge in [0.25, 0.3) is 0 Å². The van der Waals surface area contributed by atoms with Crippen LogP contribution < -0.4 is 5.32 Å². The Morgan fingerprint density at radius 1 is 1.42 bits per heavy atom. The number of sulfonamides is 1. The predicted octanol–water partition coefficient (Wildman–Crippen LogP) is 2.48. The molecule has 106 valence electrons. The minimum Gasteiger partial charge on any atom is -0.309 e. The van der Waals surface area contributed by atoms with Crippen molar-refractivity contribution in [3.63, 3.8) is 0 Å². The normalized spacial score (nSPS) is 20.4. The predicted molar refractivity (Wildman–Crippen MR) is 80.0 cm³/mol. The van der Waals surface area contributed by atoms with Gasteiger partial charge in [0.15, 0.2) is 0 Å². The number of hydrogen-bond acceptors (Lipinski definition) is 3. The fourth-order valence-electron chi connectivity index (χ4n) is 2.09. The highest BCUT2D eigenvalue weighted by Gasteiger charge is 2.33. The summed E-state index contributed by atoms with van der Waals surface area (Å²) in [6.45, 7) is 5.57. The van der Waals surface area contributed by atoms with Gasteiger partial charge in [-0.05, 0) is 48.0 Å². The van der Waals surface area contributed by atoms with Crippen molar-refractivity contribution >= 4 is 37.6 Å². The number of rotatable bonds is 2. The van der Waals surface area contributed by atoms with Crippen molar-refractivity contribution in [3.8, 4) is 0 Å². The van der Waals surface area contributed by atoms with E-state index in [0.29, 0.717) is 29.1 Å². The van der Waals surface area contributed by atoms with Gasteiger partial charge in [-0.3, -0.25) is 0 Å². The average Bonchev–Trinajstić information content (AvgIpc) is 2.31. The molecule has 1 heterocycles. The van der Waals surface area contributed by atoms with Crippen molar-refractivity contribution in [2.45, 2.75) is 24.3 Å². The average molecular weight is 368 g/mol. The summed E-state index contributed by atoms with van der Waals surface area (Å²) in [5, 5.41) is 3.80. The summed E-state index contributed by atoms with van der Waals surface area (Å²) < 4.78 is 27.2. The lowest BCUT2D eigenvalue weighted by atomic mass is 10.0. The Morgan fingerprint density at radius 2 is 2.11 bits per heavy atom. The van der Waals surface area contributed by atoms with Gasteiger partial charge in [-0.1, -0.05) is 11.6 Å². The van der Waals surface area contributed by atoms with Crippen molar-refractivity contribution in [1.82, 2.24) is 9.62 Å². The maximum Gasteiger partial charge on any atom is 0.243 e. The Morgan fingerprint density at radius 3 is 2.68 bits per heavy atom. The van der Waals surface area contributed by atoms with E-state index in [0.717, 1.165) is 0 Å². The van der Waals surface area contributed by atoms with Crippen molar-refractivity contribution < 1.29 is 8.42 Å². The fourth-order valence-corrected chi connectivity index (χ4v) is 4.36. The molecule has 0 saturated carbocycles. The van der Waals surface area contributed by atoms with E-state index in [-0.39, 0.29) is 10.4 Å². The van der Waals surface area contributed by atoms with E-state index in [1.807, 2.05) is 13.8 Å². The zero-order valence-electron chi connectivity index (χ0n) is 10.8.